The van der Waals surface area contributed by atoms with E-state index in [1.54, 1.807) is 0 Å². The van der Waals surface area contributed by atoms with Crippen LogP contribution in [-0.2, 0) is 4.79 Å². The second kappa shape index (κ2) is 6.30. The first-order chi connectivity index (χ1) is 12.1. The number of carbonyl (C=O) groups excluding carboxylic acids is 1. The average molecular weight is 395 g/mol. The van der Waals surface area contributed by atoms with Crippen molar-refractivity contribution in [3.8, 4) is 16.9 Å². The summed E-state index contributed by atoms with van der Waals surface area (Å²) < 4.78 is 6.54. The van der Waals surface area contributed by atoms with Gasteiger partial charge in [0.05, 0.1) is 0 Å². The Kier molecular flexibility index (Phi) is 4.12. The maximum atomic E-state index is 11.6. The predicted molar refractivity (Wildman–Crippen MR) is 105 cm³/mol. The molecule has 3 heteroatoms. The summed E-state index contributed by atoms with van der Waals surface area (Å²) in [4.78, 5) is 11.6. The van der Waals surface area contributed by atoms with E-state index in [2.05, 4.69) is 59.3 Å². The first kappa shape index (κ1) is 16.3. The Labute approximate surface area is 155 Å². The van der Waals surface area contributed by atoms with Crippen molar-refractivity contribution in [1.82, 2.24) is 0 Å². The fourth-order valence-electron chi connectivity index (χ4n) is 4.01. The number of halogens is 1. The lowest BCUT2D eigenvalue weighted by Crippen LogP contribution is -2.03. The molecule has 1 aliphatic rings. The molecule has 1 unspecified atom stereocenters. The van der Waals surface area contributed by atoms with E-state index < -0.39 is 0 Å². The van der Waals surface area contributed by atoms with Gasteiger partial charge in [-0.15, -0.1) is 0 Å². The maximum absolute atomic E-state index is 11.6. The van der Waals surface area contributed by atoms with Gasteiger partial charge in [-0.1, -0.05) is 59.6 Å². The van der Waals surface area contributed by atoms with Crippen molar-refractivity contribution in [3.63, 3.8) is 0 Å². The third kappa shape index (κ3) is 2.67. The second-order valence-electron chi connectivity index (χ2n) is 6.55. The fourth-order valence-corrected chi connectivity index (χ4v) is 4.38. The molecular weight excluding hydrogens is 376 g/mol. The number of hydrogen-bond donors (Lipinski definition) is 0. The molecule has 0 aromatic heterocycles. The van der Waals surface area contributed by atoms with Crippen molar-refractivity contribution < 1.29 is 9.53 Å². The Bertz CT molecular complexity index is 991. The summed E-state index contributed by atoms with van der Waals surface area (Å²) in [6.45, 7) is 3.68. The highest BCUT2D eigenvalue weighted by Gasteiger charge is 2.31. The minimum Gasteiger partial charge on any atom is -0.426 e. The molecular formula is C22H19BrO2. The van der Waals surface area contributed by atoms with Crippen LogP contribution < -0.4 is 4.74 Å². The third-order valence-electron chi connectivity index (χ3n) is 4.91. The van der Waals surface area contributed by atoms with Gasteiger partial charge in [0.15, 0.2) is 0 Å². The van der Waals surface area contributed by atoms with Crippen LogP contribution in [-0.4, -0.2) is 5.97 Å². The van der Waals surface area contributed by atoms with E-state index >= 15 is 0 Å². The lowest BCUT2D eigenvalue weighted by Gasteiger charge is -2.17. The highest BCUT2D eigenvalue weighted by atomic mass is 79.9. The van der Waals surface area contributed by atoms with E-state index in [4.69, 9.17) is 4.74 Å². The molecule has 4 rings (SSSR count). The van der Waals surface area contributed by atoms with Crippen molar-refractivity contribution in [2.24, 2.45) is 0 Å². The van der Waals surface area contributed by atoms with Crippen molar-refractivity contribution in [3.05, 3.63) is 64.1 Å². The Morgan fingerprint density at radius 2 is 1.88 bits per heavy atom. The van der Waals surface area contributed by atoms with Gasteiger partial charge in [0.2, 0.25) is 0 Å². The third-order valence-corrected chi connectivity index (χ3v) is 5.40. The summed E-state index contributed by atoms with van der Waals surface area (Å²) in [5.41, 5.74) is 5.19. The Balaban J connectivity index is 2.07. The summed E-state index contributed by atoms with van der Waals surface area (Å²) in [7, 11) is 0. The smallest absolute Gasteiger partial charge is 0.308 e. The maximum Gasteiger partial charge on any atom is 0.308 e. The molecule has 3 aromatic carbocycles. The number of ether oxygens (including phenoxy) is 1. The van der Waals surface area contributed by atoms with Crippen molar-refractivity contribution in [2.75, 3.05) is 0 Å². The number of fused-ring (bicyclic) bond motifs is 5. The number of esters is 1. The number of carbonyl (C=O) groups is 1. The van der Waals surface area contributed by atoms with Crippen molar-refractivity contribution >= 4 is 32.7 Å². The van der Waals surface area contributed by atoms with Crippen LogP contribution in [0.4, 0.5) is 0 Å². The molecule has 3 aromatic rings. The van der Waals surface area contributed by atoms with Crippen LogP contribution in [0.1, 0.15) is 43.7 Å². The molecule has 0 heterocycles. The second-order valence-corrected chi connectivity index (χ2v) is 7.46. The van der Waals surface area contributed by atoms with Crippen LogP contribution in [0.15, 0.2) is 53.0 Å². The summed E-state index contributed by atoms with van der Waals surface area (Å²) in [6, 6.07) is 16.9. The van der Waals surface area contributed by atoms with Gasteiger partial charge < -0.3 is 4.74 Å². The fraction of sp³-hybridized carbons (Fsp3) is 0.227. The van der Waals surface area contributed by atoms with Gasteiger partial charge in [-0.3, -0.25) is 4.79 Å². The standard InChI is InChI=1S/C22H19BrO2/c1-3-6-17-15-7-4-5-8-16(15)20-12-21(25-13(2)24)19-11-14(23)9-10-18(19)22(17)20/h4-5,7-12,17H,3,6H2,1-2H3. The topological polar surface area (TPSA) is 26.3 Å². The van der Waals surface area contributed by atoms with E-state index in [0.29, 0.717) is 11.7 Å². The highest BCUT2D eigenvalue weighted by molar-refractivity contribution is 9.10. The Morgan fingerprint density at radius 1 is 1.08 bits per heavy atom. The molecule has 2 nitrogen and oxygen atoms in total. The predicted octanol–water partition coefficient (Wildman–Crippen LogP) is 6.44. The molecule has 0 fully saturated rings. The van der Waals surface area contributed by atoms with Gasteiger partial charge in [0.25, 0.3) is 0 Å². The van der Waals surface area contributed by atoms with Gasteiger partial charge in [0, 0.05) is 22.7 Å². The van der Waals surface area contributed by atoms with Gasteiger partial charge in [0.1, 0.15) is 5.75 Å². The molecule has 0 amide bonds. The minimum atomic E-state index is -0.294. The van der Waals surface area contributed by atoms with Gasteiger partial charge in [-0.2, -0.15) is 0 Å². The van der Waals surface area contributed by atoms with Crippen LogP contribution >= 0.6 is 15.9 Å². The first-order valence-corrected chi connectivity index (χ1v) is 9.43. The zero-order valence-electron chi connectivity index (χ0n) is 14.3. The van der Waals surface area contributed by atoms with Crippen LogP contribution in [0.25, 0.3) is 21.9 Å². The monoisotopic (exact) mass is 394 g/mol. The molecule has 1 aliphatic carbocycles. The Hall–Kier alpha value is -2.13. The minimum absolute atomic E-state index is 0.294. The van der Waals surface area contributed by atoms with Crippen LogP contribution in [0.5, 0.6) is 5.75 Å². The van der Waals surface area contributed by atoms with E-state index in [9.17, 15) is 4.79 Å². The summed E-state index contributed by atoms with van der Waals surface area (Å²) in [5.74, 6) is 0.735. The molecule has 0 saturated carbocycles. The molecule has 1 atom stereocenters. The van der Waals surface area contributed by atoms with Crippen molar-refractivity contribution in [1.29, 1.82) is 0 Å². The largest absolute Gasteiger partial charge is 0.426 e. The van der Waals surface area contributed by atoms with Crippen LogP contribution in [0, 0.1) is 0 Å². The van der Waals surface area contributed by atoms with Crippen LogP contribution in [0.3, 0.4) is 0 Å². The molecule has 0 aliphatic heterocycles. The molecule has 0 spiro atoms. The van der Waals surface area contributed by atoms with E-state index in [1.165, 1.54) is 34.6 Å². The van der Waals surface area contributed by atoms with Gasteiger partial charge >= 0.3 is 5.97 Å². The van der Waals surface area contributed by atoms with E-state index in [-0.39, 0.29) is 5.97 Å². The molecule has 0 bridgehead atoms. The van der Waals surface area contributed by atoms with E-state index in [1.807, 2.05) is 12.1 Å². The molecule has 0 N–H and O–H groups in total. The molecule has 0 radical (unpaired) electrons. The van der Waals surface area contributed by atoms with Crippen LogP contribution in [0.2, 0.25) is 0 Å². The quantitative estimate of drug-likeness (QED) is 0.377. The van der Waals surface area contributed by atoms with Crippen molar-refractivity contribution in [2.45, 2.75) is 32.6 Å². The number of hydrogen-bond acceptors (Lipinski definition) is 2. The summed E-state index contributed by atoms with van der Waals surface area (Å²) in [5, 5.41) is 2.16. The lowest BCUT2D eigenvalue weighted by atomic mass is 9.89. The highest BCUT2D eigenvalue weighted by Crippen LogP contribution is 2.51. The Morgan fingerprint density at radius 3 is 2.64 bits per heavy atom. The van der Waals surface area contributed by atoms with Gasteiger partial charge in [-0.25, -0.2) is 0 Å². The lowest BCUT2D eigenvalue weighted by molar-refractivity contribution is -0.131. The zero-order valence-corrected chi connectivity index (χ0v) is 15.9. The van der Waals surface area contributed by atoms with Gasteiger partial charge in [-0.05, 0) is 52.3 Å². The molecule has 0 saturated heterocycles. The normalized spacial score (nSPS) is 15.1. The number of benzene rings is 3. The first-order valence-electron chi connectivity index (χ1n) is 8.64. The average Bonchev–Trinajstić information content (AvgIpc) is 2.89. The van der Waals surface area contributed by atoms with E-state index in [0.717, 1.165) is 22.7 Å². The molecule has 126 valence electrons. The SMILES string of the molecule is CCCC1c2ccccc2-c2cc(OC(C)=O)c3cc(Br)ccc3c21. The summed E-state index contributed by atoms with van der Waals surface area (Å²) in [6.07, 6.45) is 2.24. The summed E-state index contributed by atoms with van der Waals surface area (Å²) >= 11 is 3.55. The zero-order chi connectivity index (χ0) is 17.6. The number of rotatable bonds is 3. The molecule has 25 heavy (non-hydrogen) atoms.